The van der Waals surface area contributed by atoms with Crippen LogP contribution in [0.1, 0.15) is 16.8 Å². The Morgan fingerprint density at radius 2 is 1.89 bits per heavy atom. The van der Waals surface area contributed by atoms with Gasteiger partial charge in [-0.1, -0.05) is 35.3 Å². The summed E-state index contributed by atoms with van der Waals surface area (Å²) in [4.78, 5) is 0. The van der Waals surface area contributed by atoms with Crippen molar-refractivity contribution in [3.8, 4) is 0 Å². The Bertz CT molecular complexity index is 564. The molecular formula is C11H7Cl2F3N2. The summed E-state index contributed by atoms with van der Waals surface area (Å²) < 4.78 is 37.9. The fourth-order valence-corrected chi connectivity index (χ4v) is 1.97. The zero-order valence-corrected chi connectivity index (χ0v) is 10.4. The second kappa shape index (κ2) is 4.82. The Morgan fingerprint density at radius 3 is 2.56 bits per heavy atom. The fourth-order valence-electron chi connectivity index (χ4n) is 1.58. The first kappa shape index (κ1) is 13.2. The highest BCUT2D eigenvalue weighted by molar-refractivity contribution is 6.42. The van der Waals surface area contributed by atoms with Gasteiger partial charge in [0.2, 0.25) is 0 Å². The summed E-state index contributed by atoms with van der Waals surface area (Å²) in [5.74, 6) is 0. The Balaban J connectivity index is 2.36. The smallest absolute Gasteiger partial charge is 0.273 e. The lowest BCUT2D eigenvalue weighted by Gasteiger charge is -2.08. The molecule has 2 aromatic rings. The first-order valence-electron chi connectivity index (χ1n) is 4.92. The van der Waals surface area contributed by atoms with Gasteiger partial charge < -0.3 is 0 Å². The molecule has 1 aromatic carbocycles. The fraction of sp³-hybridized carbons (Fsp3) is 0.182. The summed E-state index contributed by atoms with van der Waals surface area (Å²) in [5, 5.41) is 5.93. The van der Waals surface area contributed by atoms with Crippen molar-refractivity contribution in [2.45, 2.75) is 12.6 Å². The number of nitrogens with one attached hydrogen (secondary N) is 1. The van der Waals surface area contributed by atoms with Crippen LogP contribution < -0.4 is 0 Å². The highest BCUT2D eigenvalue weighted by atomic mass is 35.5. The lowest BCUT2D eigenvalue weighted by molar-refractivity contribution is -0.141. The van der Waals surface area contributed by atoms with Crippen molar-refractivity contribution in [2.75, 3.05) is 0 Å². The number of alkyl halides is 3. The summed E-state index contributed by atoms with van der Waals surface area (Å²) in [6.07, 6.45) is -3.30. The number of rotatable bonds is 2. The molecule has 2 rings (SSSR count). The Labute approximate surface area is 111 Å². The first-order valence-corrected chi connectivity index (χ1v) is 5.67. The molecule has 0 bridgehead atoms. The first-order chi connectivity index (χ1) is 8.39. The Hall–Kier alpha value is -1.20. The summed E-state index contributed by atoms with van der Waals surface area (Å²) in [7, 11) is 0. The van der Waals surface area contributed by atoms with E-state index in [1.165, 1.54) is 0 Å². The minimum atomic E-state index is -4.46. The molecule has 0 fully saturated rings. The van der Waals surface area contributed by atoms with Gasteiger partial charge in [-0.05, 0) is 11.6 Å². The number of nitrogens with zero attached hydrogens (tertiary/aromatic N) is 1. The molecule has 0 saturated carbocycles. The van der Waals surface area contributed by atoms with Gasteiger partial charge >= 0.3 is 6.18 Å². The third kappa shape index (κ3) is 2.62. The third-order valence-electron chi connectivity index (χ3n) is 2.41. The standard InChI is InChI=1S/C11H7Cl2F3N2/c12-8-3-1-2-6(9(8)13)4-7-5-17-18-10(7)11(14,15)16/h1-3,5H,4H2,(H,17,18). The number of aromatic nitrogens is 2. The van der Waals surface area contributed by atoms with Crippen LogP contribution in [-0.2, 0) is 12.6 Å². The van der Waals surface area contributed by atoms with Crippen molar-refractivity contribution in [1.82, 2.24) is 10.2 Å². The molecule has 0 amide bonds. The second-order valence-corrected chi connectivity index (χ2v) is 4.44. The Kier molecular flexibility index (Phi) is 3.54. The molecule has 1 aromatic heterocycles. The average Bonchev–Trinajstić information content (AvgIpc) is 2.72. The molecule has 0 spiro atoms. The maximum Gasteiger partial charge on any atom is 0.433 e. The van der Waals surface area contributed by atoms with Gasteiger partial charge in [-0.15, -0.1) is 0 Å². The molecule has 2 nitrogen and oxygen atoms in total. The Morgan fingerprint density at radius 1 is 1.17 bits per heavy atom. The van der Waals surface area contributed by atoms with Crippen molar-refractivity contribution in [3.63, 3.8) is 0 Å². The van der Waals surface area contributed by atoms with E-state index in [0.29, 0.717) is 10.6 Å². The van der Waals surface area contributed by atoms with Crippen molar-refractivity contribution in [2.24, 2.45) is 0 Å². The van der Waals surface area contributed by atoms with Crippen LogP contribution in [0.25, 0.3) is 0 Å². The van der Waals surface area contributed by atoms with Gasteiger partial charge in [0.15, 0.2) is 0 Å². The molecule has 7 heteroatoms. The van der Waals surface area contributed by atoms with Crippen LogP contribution in [0.4, 0.5) is 13.2 Å². The van der Waals surface area contributed by atoms with Crippen molar-refractivity contribution < 1.29 is 13.2 Å². The molecule has 0 atom stereocenters. The highest BCUT2D eigenvalue weighted by Crippen LogP contribution is 2.33. The van der Waals surface area contributed by atoms with E-state index in [1.54, 1.807) is 18.2 Å². The van der Waals surface area contributed by atoms with E-state index in [9.17, 15) is 13.2 Å². The van der Waals surface area contributed by atoms with Crippen LogP contribution in [-0.4, -0.2) is 10.2 Å². The van der Waals surface area contributed by atoms with Crippen LogP contribution in [0.15, 0.2) is 24.4 Å². The van der Waals surface area contributed by atoms with E-state index in [0.717, 1.165) is 6.20 Å². The molecule has 0 aliphatic rings. The predicted molar refractivity (Wildman–Crippen MR) is 62.9 cm³/mol. The lowest BCUT2D eigenvalue weighted by atomic mass is 10.1. The van der Waals surface area contributed by atoms with Crippen LogP contribution in [0.3, 0.4) is 0 Å². The van der Waals surface area contributed by atoms with Crippen LogP contribution >= 0.6 is 23.2 Å². The van der Waals surface area contributed by atoms with Gasteiger partial charge in [-0.3, -0.25) is 5.10 Å². The molecule has 96 valence electrons. The van der Waals surface area contributed by atoms with E-state index >= 15 is 0 Å². The van der Waals surface area contributed by atoms with Gasteiger partial charge in [0, 0.05) is 12.0 Å². The molecule has 0 aliphatic heterocycles. The van der Waals surface area contributed by atoms with Crippen molar-refractivity contribution >= 4 is 23.2 Å². The van der Waals surface area contributed by atoms with E-state index < -0.39 is 11.9 Å². The van der Waals surface area contributed by atoms with Crippen LogP contribution in [0, 0.1) is 0 Å². The van der Waals surface area contributed by atoms with E-state index in [2.05, 4.69) is 5.10 Å². The highest BCUT2D eigenvalue weighted by Gasteiger charge is 2.35. The summed E-state index contributed by atoms with van der Waals surface area (Å²) in [6.45, 7) is 0. The molecule has 18 heavy (non-hydrogen) atoms. The molecule has 0 saturated heterocycles. The number of hydrogen-bond acceptors (Lipinski definition) is 1. The molecular weight excluding hydrogens is 288 g/mol. The van der Waals surface area contributed by atoms with Crippen LogP contribution in [0.5, 0.6) is 0 Å². The summed E-state index contributed by atoms with van der Waals surface area (Å²) >= 11 is 11.7. The zero-order valence-electron chi connectivity index (χ0n) is 8.85. The molecule has 0 radical (unpaired) electrons. The monoisotopic (exact) mass is 294 g/mol. The second-order valence-electron chi connectivity index (χ2n) is 3.66. The van der Waals surface area contributed by atoms with E-state index in [-0.39, 0.29) is 17.0 Å². The number of aromatic amines is 1. The molecule has 0 unspecified atom stereocenters. The molecule has 1 heterocycles. The maximum atomic E-state index is 12.6. The third-order valence-corrected chi connectivity index (χ3v) is 3.27. The molecule has 0 aliphatic carbocycles. The summed E-state index contributed by atoms with van der Waals surface area (Å²) in [6, 6.07) is 4.84. The number of H-pyrrole nitrogens is 1. The quantitative estimate of drug-likeness (QED) is 0.878. The molecule has 1 N–H and O–H groups in total. The SMILES string of the molecule is FC(F)(F)c1[nH]ncc1Cc1cccc(Cl)c1Cl. The topological polar surface area (TPSA) is 28.7 Å². The maximum absolute atomic E-state index is 12.6. The van der Waals surface area contributed by atoms with Gasteiger partial charge in [-0.25, -0.2) is 0 Å². The van der Waals surface area contributed by atoms with Crippen LogP contribution in [0.2, 0.25) is 10.0 Å². The van der Waals surface area contributed by atoms with E-state index in [1.807, 2.05) is 5.10 Å². The minimum absolute atomic E-state index is 0.0186. The predicted octanol–water partition coefficient (Wildman–Crippen LogP) is 4.33. The van der Waals surface area contributed by atoms with Gasteiger partial charge in [0.25, 0.3) is 0 Å². The minimum Gasteiger partial charge on any atom is -0.273 e. The van der Waals surface area contributed by atoms with Gasteiger partial charge in [0.1, 0.15) is 5.69 Å². The largest absolute Gasteiger partial charge is 0.433 e. The number of benzene rings is 1. The van der Waals surface area contributed by atoms with Gasteiger partial charge in [-0.2, -0.15) is 18.3 Å². The van der Waals surface area contributed by atoms with Gasteiger partial charge in [0.05, 0.1) is 16.2 Å². The lowest BCUT2D eigenvalue weighted by Crippen LogP contribution is -2.09. The van der Waals surface area contributed by atoms with Crippen molar-refractivity contribution in [1.29, 1.82) is 0 Å². The summed E-state index contributed by atoms with van der Waals surface area (Å²) in [5.41, 5.74) is -0.304. The number of hydrogen-bond donors (Lipinski definition) is 1. The number of halogens is 5. The zero-order chi connectivity index (χ0) is 13.3. The average molecular weight is 295 g/mol. The normalized spacial score (nSPS) is 11.8. The van der Waals surface area contributed by atoms with E-state index in [4.69, 9.17) is 23.2 Å². The van der Waals surface area contributed by atoms with Crippen molar-refractivity contribution in [3.05, 3.63) is 51.3 Å².